The van der Waals surface area contributed by atoms with Crippen molar-refractivity contribution < 1.29 is 18.8 Å². The van der Waals surface area contributed by atoms with Gasteiger partial charge in [-0.05, 0) is 38.8 Å². The molecule has 1 aromatic rings. The summed E-state index contributed by atoms with van der Waals surface area (Å²) in [5.41, 5.74) is 0. The first kappa shape index (κ1) is 19.0. The van der Waals surface area contributed by atoms with Crippen LogP contribution in [0, 0.1) is 5.92 Å². The Labute approximate surface area is 148 Å². The zero-order valence-corrected chi connectivity index (χ0v) is 15.2. The van der Waals surface area contributed by atoms with Crippen molar-refractivity contribution in [2.45, 2.75) is 26.7 Å². The highest BCUT2D eigenvalue weighted by Crippen LogP contribution is 2.21. The number of likely N-dealkylation sites (N-methyl/N-ethyl adjacent to an activating group) is 2. The molecule has 7 heteroatoms. The molecule has 0 saturated carbocycles. The average molecular weight is 349 g/mol. The fraction of sp³-hybridized carbons (Fsp3) is 0.611. The van der Waals surface area contributed by atoms with E-state index in [9.17, 15) is 14.4 Å². The summed E-state index contributed by atoms with van der Waals surface area (Å²) < 4.78 is 5.14. The number of hydrogen-bond donors (Lipinski definition) is 0. The lowest BCUT2D eigenvalue weighted by Crippen LogP contribution is -2.46. The molecule has 7 nitrogen and oxygen atoms in total. The molecular formula is C18H27N3O4. The van der Waals surface area contributed by atoms with E-state index in [0.717, 1.165) is 0 Å². The Hall–Kier alpha value is -2.31. The van der Waals surface area contributed by atoms with Crippen molar-refractivity contribution in [2.75, 3.05) is 39.8 Å². The fourth-order valence-corrected chi connectivity index (χ4v) is 3.15. The van der Waals surface area contributed by atoms with Gasteiger partial charge in [0.2, 0.25) is 11.8 Å². The largest absolute Gasteiger partial charge is 0.459 e. The quantitative estimate of drug-likeness (QED) is 0.779. The minimum absolute atomic E-state index is 0.0226. The van der Waals surface area contributed by atoms with Gasteiger partial charge in [-0.2, -0.15) is 0 Å². The lowest BCUT2D eigenvalue weighted by molar-refractivity contribution is -0.142. The summed E-state index contributed by atoms with van der Waals surface area (Å²) in [6.45, 7) is 6.28. The standard InChI is InChI=1S/C18H27N3O4/c1-4-20(5-2)16(22)13-19(3)17(23)14-8-10-21(11-9-14)18(24)15-7-6-12-25-15/h6-7,12,14H,4-5,8-11,13H2,1-3H3. The summed E-state index contributed by atoms with van der Waals surface area (Å²) in [6.07, 6.45) is 2.69. The van der Waals surface area contributed by atoms with Gasteiger partial charge in [0.1, 0.15) is 0 Å². The van der Waals surface area contributed by atoms with Crippen LogP contribution in [0.1, 0.15) is 37.2 Å². The molecule has 0 radical (unpaired) electrons. The molecule has 2 heterocycles. The molecule has 0 unspecified atom stereocenters. The van der Waals surface area contributed by atoms with E-state index in [1.54, 1.807) is 29.0 Å². The maximum atomic E-state index is 12.6. The SMILES string of the molecule is CCN(CC)C(=O)CN(C)C(=O)C1CCN(C(=O)c2ccco2)CC1. The summed E-state index contributed by atoms with van der Waals surface area (Å²) in [5, 5.41) is 0. The second-order valence-electron chi connectivity index (χ2n) is 6.30. The third-order valence-corrected chi connectivity index (χ3v) is 4.73. The maximum absolute atomic E-state index is 12.6. The summed E-state index contributed by atoms with van der Waals surface area (Å²) in [7, 11) is 1.67. The van der Waals surface area contributed by atoms with Crippen molar-refractivity contribution in [3.8, 4) is 0 Å². The number of piperidine rings is 1. The molecule has 138 valence electrons. The molecule has 0 bridgehead atoms. The minimum Gasteiger partial charge on any atom is -0.459 e. The zero-order valence-electron chi connectivity index (χ0n) is 15.2. The Bertz CT molecular complexity index is 587. The van der Waals surface area contributed by atoms with E-state index >= 15 is 0 Å². The van der Waals surface area contributed by atoms with Crippen LogP contribution in [-0.2, 0) is 9.59 Å². The fourth-order valence-electron chi connectivity index (χ4n) is 3.15. The summed E-state index contributed by atoms with van der Waals surface area (Å²) in [6, 6.07) is 3.33. The highest BCUT2D eigenvalue weighted by atomic mass is 16.3. The molecular weight excluding hydrogens is 322 g/mol. The molecule has 0 aliphatic carbocycles. The number of nitrogens with zero attached hydrogens (tertiary/aromatic N) is 3. The smallest absolute Gasteiger partial charge is 0.289 e. The van der Waals surface area contributed by atoms with Crippen molar-refractivity contribution >= 4 is 17.7 Å². The van der Waals surface area contributed by atoms with Crippen LogP contribution in [0.15, 0.2) is 22.8 Å². The van der Waals surface area contributed by atoms with Crippen molar-refractivity contribution in [2.24, 2.45) is 5.92 Å². The van der Waals surface area contributed by atoms with Crippen LogP contribution < -0.4 is 0 Å². The molecule has 25 heavy (non-hydrogen) atoms. The molecule has 1 aromatic heterocycles. The van der Waals surface area contributed by atoms with Gasteiger partial charge < -0.3 is 19.1 Å². The van der Waals surface area contributed by atoms with E-state index in [-0.39, 0.29) is 30.2 Å². The van der Waals surface area contributed by atoms with Crippen molar-refractivity contribution in [3.63, 3.8) is 0 Å². The van der Waals surface area contributed by atoms with Crippen LogP contribution in [0.4, 0.5) is 0 Å². The Morgan fingerprint density at radius 2 is 1.84 bits per heavy atom. The van der Waals surface area contributed by atoms with E-state index < -0.39 is 0 Å². The first-order valence-corrected chi connectivity index (χ1v) is 8.83. The number of furan rings is 1. The molecule has 1 fully saturated rings. The van der Waals surface area contributed by atoms with E-state index in [2.05, 4.69) is 0 Å². The topological polar surface area (TPSA) is 74.1 Å². The molecule has 0 spiro atoms. The third-order valence-electron chi connectivity index (χ3n) is 4.73. The van der Waals surface area contributed by atoms with E-state index in [1.165, 1.54) is 11.2 Å². The van der Waals surface area contributed by atoms with E-state index in [4.69, 9.17) is 4.42 Å². The lowest BCUT2D eigenvalue weighted by Gasteiger charge is -2.33. The van der Waals surface area contributed by atoms with Crippen LogP contribution in [-0.4, -0.2) is 72.2 Å². The summed E-state index contributed by atoms with van der Waals surface area (Å²) in [5.74, 6) is -0.0141. The highest BCUT2D eigenvalue weighted by Gasteiger charge is 2.31. The molecule has 1 aliphatic rings. The van der Waals surface area contributed by atoms with Gasteiger partial charge in [-0.3, -0.25) is 14.4 Å². The van der Waals surface area contributed by atoms with Gasteiger partial charge in [-0.15, -0.1) is 0 Å². The molecule has 1 saturated heterocycles. The van der Waals surface area contributed by atoms with Crippen LogP contribution >= 0.6 is 0 Å². The van der Waals surface area contributed by atoms with Crippen LogP contribution in [0.25, 0.3) is 0 Å². The molecule has 0 atom stereocenters. The molecule has 0 N–H and O–H groups in total. The molecule has 0 aromatic carbocycles. The number of likely N-dealkylation sites (tertiary alicyclic amines) is 1. The van der Waals surface area contributed by atoms with Gasteiger partial charge in [-0.1, -0.05) is 0 Å². The zero-order chi connectivity index (χ0) is 18.4. The predicted octanol–water partition coefficient (Wildman–Crippen LogP) is 1.46. The normalized spacial score (nSPS) is 15.1. The Balaban J connectivity index is 1.84. The van der Waals surface area contributed by atoms with E-state index in [1.807, 2.05) is 13.8 Å². The number of rotatable bonds is 6. The number of amides is 3. The van der Waals surface area contributed by atoms with Crippen LogP contribution in [0.2, 0.25) is 0 Å². The van der Waals surface area contributed by atoms with Gasteiger partial charge in [0, 0.05) is 39.1 Å². The molecule has 3 amide bonds. The van der Waals surface area contributed by atoms with Crippen molar-refractivity contribution in [1.82, 2.24) is 14.7 Å². The first-order chi connectivity index (χ1) is 12.0. The summed E-state index contributed by atoms with van der Waals surface area (Å²) in [4.78, 5) is 41.9. The Kier molecular flexibility index (Phi) is 6.61. The van der Waals surface area contributed by atoms with Gasteiger partial charge >= 0.3 is 0 Å². The molecule has 1 aliphatic heterocycles. The highest BCUT2D eigenvalue weighted by molar-refractivity contribution is 5.91. The Morgan fingerprint density at radius 1 is 1.20 bits per heavy atom. The number of carbonyl (C=O) groups is 3. The lowest BCUT2D eigenvalue weighted by atomic mass is 9.95. The van der Waals surface area contributed by atoms with Crippen molar-refractivity contribution in [1.29, 1.82) is 0 Å². The van der Waals surface area contributed by atoms with Gasteiger partial charge in [-0.25, -0.2) is 0 Å². The third kappa shape index (κ3) is 4.61. The van der Waals surface area contributed by atoms with E-state index in [0.29, 0.717) is 44.8 Å². The predicted molar refractivity (Wildman–Crippen MR) is 92.9 cm³/mol. The van der Waals surface area contributed by atoms with Gasteiger partial charge in [0.25, 0.3) is 5.91 Å². The van der Waals surface area contributed by atoms with Crippen LogP contribution in [0.5, 0.6) is 0 Å². The molecule has 2 rings (SSSR count). The Morgan fingerprint density at radius 3 is 2.36 bits per heavy atom. The van der Waals surface area contributed by atoms with Crippen LogP contribution in [0.3, 0.4) is 0 Å². The summed E-state index contributed by atoms with van der Waals surface area (Å²) >= 11 is 0. The van der Waals surface area contributed by atoms with Crippen molar-refractivity contribution in [3.05, 3.63) is 24.2 Å². The number of carbonyl (C=O) groups excluding carboxylic acids is 3. The average Bonchev–Trinajstić information content (AvgIpc) is 3.16. The maximum Gasteiger partial charge on any atom is 0.289 e. The second kappa shape index (κ2) is 8.69. The van der Waals surface area contributed by atoms with Gasteiger partial charge in [0.05, 0.1) is 12.8 Å². The number of hydrogen-bond acceptors (Lipinski definition) is 4. The minimum atomic E-state index is -0.143. The van der Waals surface area contributed by atoms with Gasteiger partial charge in [0.15, 0.2) is 5.76 Å². The monoisotopic (exact) mass is 349 g/mol. The second-order valence-corrected chi connectivity index (χ2v) is 6.30. The first-order valence-electron chi connectivity index (χ1n) is 8.83.